The second kappa shape index (κ2) is 4.03. The molecule has 2 aromatic carbocycles. The van der Waals surface area contributed by atoms with Crippen LogP contribution in [0, 0.1) is 4.77 Å². The van der Waals surface area contributed by atoms with E-state index in [2.05, 4.69) is 57.2 Å². The van der Waals surface area contributed by atoms with E-state index in [9.17, 15) is 0 Å². The third kappa shape index (κ3) is 1.79. The van der Waals surface area contributed by atoms with Crippen molar-refractivity contribution in [2.24, 2.45) is 0 Å². The summed E-state index contributed by atoms with van der Waals surface area (Å²) in [6.07, 6.45) is 2.43. The van der Waals surface area contributed by atoms with E-state index in [4.69, 9.17) is 12.2 Å². The highest BCUT2D eigenvalue weighted by molar-refractivity contribution is 7.71. The molecule has 3 nitrogen and oxygen atoms in total. The first-order valence-corrected chi connectivity index (χ1v) is 6.90. The van der Waals surface area contributed by atoms with E-state index < -0.39 is 0 Å². The van der Waals surface area contributed by atoms with Crippen LogP contribution in [-0.4, -0.2) is 14.8 Å². The Bertz CT molecular complexity index is 811. The number of hydrogen-bond acceptors (Lipinski definition) is 2. The molecule has 0 amide bonds. The van der Waals surface area contributed by atoms with Crippen LogP contribution in [0.25, 0.3) is 16.5 Å². The molecule has 0 aliphatic heterocycles. The number of nitrogens with one attached hydrogen (secondary N) is 1. The third-order valence-corrected chi connectivity index (χ3v) is 3.91. The molecule has 0 bridgehead atoms. The lowest BCUT2D eigenvalue weighted by Gasteiger charge is -2.07. The molecule has 1 N–H and O–H groups in total. The number of aromatic amines is 1. The van der Waals surface area contributed by atoms with Gasteiger partial charge >= 0.3 is 0 Å². The Labute approximate surface area is 115 Å². The van der Waals surface area contributed by atoms with Gasteiger partial charge in [-0.3, -0.25) is 9.67 Å². The average molecular weight is 267 g/mol. The summed E-state index contributed by atoms with van der Waals surface area (Å²) in [7, 11) is 0. The van der Waals surface area contributed by atoms with E-state index in [1.54, 1.807) is 0 Å². The molecule has 19 heavy (non-hydrogen) atoms. The Hall–Kier alpha value is -1.94. The molecule has 3 aromatic rings. The van der Waals surface area contributed by atoms with Crippen molar-refractivity contribution in [1.29, 1.82) is 0 Å². The molecule has 94 valence electrons. The molecule has 1 heterocycles. The van der Waals surface area contributed by atoms with Gasteiger partial charge < -0.3 is 0 Å². The van der Waals surface area contributed by atoms with Crippen molar-refractivity contribution in [2.75, 3.05) is 0 Å². The molecule has 0 saturated heterocycles. The normalized spacial score (nSPS) is 14.9. The van der Waals surface area contributed by atoms with Crippen molar-refractivity contribution in [3.05, 3.63) is 53.1 Å². The van der Waals surface area contributed by atoms with Crippen LogP contribution in [0.2, 0.25) is 0 Å². The van der Waals surface area contributed by atoms with Gasteiger partial charge in [0.1, 0.15) is 5.82 Å². The minimum Gasteiger partial charge on any atom is -0.272 e. The maximum absolute atomic E-state index is 5.37. The summed E-state index contributed by atoms with van der Waals surface area (Å²) >= 11 is 5.37. The van der Waals surface area contributed by atoms with Crippen LogP contribution >= 0.6 is 12.2 Å². The van der Waals surface area contributed by atoms with Gasteiger partial charge in [-0.2, -0.15) is 5.10 Å². The SMILES string of the molecule is S=c1[nH]nc(C2CC2)n1-c1ccc2ccccc2c1. The van der Waals surface area contributed by atoms with Crippen LogP contribution in [0.1, 0.15) is 24.6 Å². The summed E-state index contributed by atoms with van der Waals surface area (Å²) in [5.41, 5.74) is 1.10. The Balaban J connectivity index is 1.94. The van der Waals surface area contributed by atoms with Crippen molar-refractivity contribution >= 4 is 23.0 Å². The summed E-state index contributed by atoms with van der Waals surface area (Å²) < 4.78 is 2.75. The number of H-pyrrole nitrogens is 1. The van der Waals surface area contributed by atoms with Crippen LogP contribution in [0.15, 0.2) is 42.5 Å². The fraction of sp³-hybridized carbons (Fsp3) is 0.200. The molecular formula is C15H13N3S. The van der Waals surface area contributed by atoms with Gasteiger partial charge in [0.05, 0.1) is 5.69 Å². The number of nitrogens with zero attached hydrogens (tertiary/aromatic N) is 2. The summed E-state index contributed by atoms with van der Waals surface area (Å²) in [6, 6.07) is 14.8. The number of hydrogen-bond donors (Lipinski definition) is 1. The standard InChI is InChI=1S/C15H13N3S/c19-15-17-16-14(11-5-6-11)18(15)13-8-7-10-3-1-2-4-12(10)9-13/h1-4,7-9,11H,5-6H2,(H,17,19). The van der Waals surface area contributed by atoms with Gasteiger partial charge in [-0.05, 0) is 48.0 Å². The van der Waals surface area contributed by atoms with Crippen molar-refractivity contribution in [1.82, 2.24) is 14.8 Å². The maximum atomic E-state index is 5.37. The Kier molecular flexibility index (Phi) is 2.32. The van der Waals surface area contributed by atoms with Gasteiger partial charge in [-0.25, -0.2) is 0 Å². The molecule has 1 aliphatic carbocycles. The van der Waals surface area contributed by atoms with E-state index >= 15 is 0 Å². The Morgan fingerprint density at radius 3 is 2.68 bits per heavy atom. The molecule has 1 fully saturated rings. The largest absolute Gasteiger partial charge is 0.272 e. The van der Waals surface area contributed by atoms with Crippen LogP contribution in [0.5, 0.6) is 0 Å². The topological polar surface area (TPSA) is 33.6 Å². The van der Waals surface area contributed by atoms with Gasteiger partial charge in [0.25, 0.3) is 0 Å². The average Bonchev–Trinajstić information content (AvgIpc) is 3.21. The van der Waals surface area contributed by atoms with Crippen LogP contribution < -0.4 is 0 Å². The van der Waals surface area contributed by atoms with Crippen molar-refractivity contribution in [3.8, 4) is 5.69 Å². The van der Waals surface area contributed by atoms with E-state index in [1.165, 1.54) is 23.6 Å². The highest BCUT2D eigenvalue weighted by Gasteiger charge is 2.29. The van der Waals surface area contributed by atoms with Crippen molar-refractivity contribution < 1.29 is 0 Å². The number of benzene rings is 2. The first-order valence-electron chi connectivity index (χ1n) is 6.49. The second-order valence-corrected chi connectivity index (χ2v) is 5.41. The summed E-state index contributed by atoms with van der Waals surface area (Å²) in [6.45, 7) is 0. The van der Waals surface area contributed by atoms with Crippen molar-refractivity contribution in [2.45, 2.75) is 18.8 Å². The fourth-order valence-corrected chi connectivity index (χ4v) is 2.73. The number of rotatable bonds is 2. The van der Waals surface area contributed by atoms with Gasteiger partial charge in [-0.15, -0.1) is 0 Å². The van der Waals surface area contributed by atoms with Gasteiger partial charge in [0, 0.05) is 5.92 Å². The predicted octanol–water partition coefficient (Wildman–Crippen LogP) is 3.96. The summed E-state index contributed by atoms with van der Waals surface area (Å²) in [4.78, 5) is 0. The fourth-order valence-electron chi connectivity index (χ4n) is 2.49. The maximum Gasteiger partial charge on any atom is 0.199 e. The van der Waals surface area contributed by atoms with Gasteiger partial charge in [0.2, 0.25) is 0 Å². The lowest BCUT2D eigenvalue weighted by atomic mass is 10.1. The lowest BCUT2D eigenvalue weighted by Crippen LogP contribution is -2.00. The highest BCUT2D eigenvalue weighted by Crippen LogP contribution is 2.39. The van der Waals surface area contributed by atoms with Gasteiger partial charge in [0.15, 0.2) is 4.77 Å². The monoisotopic (exact) mass is 267 g/mol. The number of fused-ring (bicyclic) bond motifs is 1. The minimum absolute atomic E-state index is 0.569. The van der Waals surface area contributed by atoms with E-state index in [-0.39, 0.29) is 0 Å². The molecular weight excluding hydrogens is 254 g/mol. The Morgan fingerprint density at radius 2 is 1.89 bits per heavy atom. The first kappa shape index (κ1) is 10.9. The van der Waals surface area contributed by atoms with Crippen LogP contribution in [0.3, 0.4) is 0 Å². The third-order valence-electron chi connectivity index (χ3n) is 3.63. The lowest BCUT2D eigenvalue weighted by molar-refractivity contribution is 0.869. The summed E-state index contributed by atoms with van der Waals surface area (Å²) in [5.74, 6) is 1.64. The molecule has 1 aromatic heterocycles. The molecule has 1 aliphatic rings. The quantitative estimate of drug-likeness (QED) is 0.713. The summed E-state index contributed by atoms with van der Waals surface area (Å²) in [5, 5.41) is 9.77. The number of aromatic nitrogens is 3. The smallest absolute Gasteiger partial charge is 0.199 e. The highest BCUT2D eigenvalue weighted by atomic mass is 32.1. The van der Waals surface area contributed by atoms with Crippen LogP contribution in [0.4, 0.5) is 0 Å². The predicted molar refractivity (Wildman–Crippen MR) is 78.2 cm³/mol. The molecule has 0 atom stereocenters. The zero-order valence-electron chi connectivity index (χ0n) is 10.3. The molecule has 4 heteroatoms. The molecule has 0 radical (unpaired) electrons. The molecule has 4 rings (SSSR count). The minimum atomic E-state index is 0.569. The molecule has 0 spiro atoms. The van der Waals surface area contributed by atoms with Crippen molar-refractivity contribution in [3.63, 3.8) is 0 Å². The zero-order chi connectivity index (χ0) is 12.8. The Morgan fingerprint density at radius 1 is 1.11 bits per heavy atom. The van der Waals surface area contributed by atoms with Crippen LogP contribution in [-0.2, 0) is 0 Å². The van der Waals surface area contributed by atoms with E-state index in [0.29, 0.717) is 10.7 Å². The zero-order valence-corrected chi connectivity index (χ0v) is 11.2. The molecule has 0 unspecified atom stereocenters. The van der Waals surface area contributed by atoms with Gasteiger partial charge in [-0.1, -0.05) is 30.3 Å². The molecule has 1 saturated carbocycles. The van der Waals surface area contributed by atoms with E-state index in [1.807, 2.05) is 0 Å². The second-order valence-electron chi connectivity index (χ2n) is 5.03. The first-order chi connectivity index (χ1) is 9.33. The van der Waals surface area contributed by atoms with E-state index in [0.717, 1.165) is 11.5 Å².